The number of aliphatic hydroxyl groups excluding tert-OH is 1. The van der Waals surface area contributed by atoms with Crippen molar-refractivity contribution in [2.45, 2.75) is 37.8 Å². The number of aromatic nitrogens is 2. The third-order valence-corrected chi connectivity index (χ3v) is 6.13. The first-order valence-electron chi connectivity index (χ1n) is 9.43. The van der Waals surface area contributed by atoms with E-state index in [4.69, 9.17) is 4.74 Å². The van der Waals surface area contributed by atoms with Crippen LogP contribution in [0.5, 0.6) is 5.75 Å². The summed E-state index contributed by atoms with van der Waals surface area (Å²) in [4.78, 5) is 21.9. The van der Waals surface area contributed by atoms with Crippen LogP contribution < -0.4 is 10.1 Å². The molecule has 0 aliphatic heterocycles. The Labute approximate surface area is 178 Å². The predicted molar refractivity (Wildman–Crippen MR) is 119 cm³/mol. The molecule has 2 aromatic heterocycles. The number of thiophene rings is 1. The number of thioether (sulfide) groups is 1. The van der Waals surface area contributed by atoms with Crippen molar-refractivity contribution >= 4 is 39.2 Å². The number of hydrogen-bond acceptors (Lipinski definition) is 7. The van der Waals surface area contributed by atoms with Crippen LogP contribution in [0, 0.1) is 0 Å². The van der Waals surface area contributed by atoms with Gasteiger partial charge in [0.1, 0.15) is 21.9 Å². The SMILES string of the molecule is CCOc1ccc(-c2csc3ncnc(SCCC(=O)NC(C)(C)CO)c23)cc1. The van der Waals surface area contributed by atoms with Crippen LogP contribution in [0.15, 0.2) is 41.0 Å². The largest absolute Gasteiger partial charge is 0.494 e. The lowest BCUT2D eigenvalue weighted by Gasteiger charge is -2.23. The van der Waals surface area contributed by atoms with Crippen molar-refractivity contribution < 1.29 is 14.6 Å². The minimum atomic E-state index is -0.613. The Balaban J connectivity index is 1.75. The molecule has 154 valence electrons. The number of hydrogen-bond donors (Lipinski definition) is 2. The molecule has 0 atom stereocenters. The van der Waals surface area contributed by atoms with Crippen molar-refractivity contribution in [3.63, 3.8) is 0 Å². The van der Waals surface area contributed by atoms with Gasteiger partial charge in [-0.1, -0.05) is 12.1 Å². The first-order valence-corrected chi connectivity index (χ1v) is 11.3. The van der Waals surface area contributed by atoms with Crippen molar-refractivity contribution in [3.05, 3.63) is 36.0 Å². The third kappa shape index (κ3) is 5.46. The maximum absolute atomic E-state index is 12.1. The van der Waals surface area contributed by atoms with Crippen LogP contribution >= 0.6 is 23.1 Å². The smallest absolute Gasteiger partial charge is 0.221 e. The molecule has 0 saturated heterocycles. The van der Waals surface area contributed by atoms with E-state index >= 15 is 0 Å². The van der Waals surface area contributed by atoms with E-state index in [1.165, 1.54) is 0 Å². The van der Waals surface area contributed by atoms with Gasteiger partial charge in [0.15, 0.2) is 0 Å². The molecule has 0 saturated carbocycles. The molecule has 0 bridgehead atoms. The summed E-state index contributed by atoms with van der Waals surface area (Å²) < 4.78 is 5.53. The zero-order valence-electron chi connectivity index (χ0n) is 16.8. The van der Waals surface area contributed by atoms with Crippen LogP contribution in [0.2, 0.25) is 0 Å². The summed E-state index contributed by atoms with van der Waals surface area (Å²) in [7, 11) is 0. The molecule has 0 radical (unpaired) electrons. The third-order valence-electron chi connectivity index (χ3n) is 4.25. The van der Waals surface area contributed by atoms with Gasteiger partial charge in [-0.25, -0.2) is 9.97 Å². The van der Waals surface area contributed by atoms with Crippen LogP contribution in [-0.2, 0) is 4.79 Å². The van der Waals surface area contributed by atoms with Crippen molar-refractivity contribution in [1.29, 1.82) is 0 Å². The fourth-order valence-electron chi connectivity index (χ4n) is 2.79. The Morgan fingerprint density at radius 1 is 1.28 bits per heavy atom. The summed E-state index contributed by atoms with van der Waals surface area (Å²) in [6, 6.07) is 8.01. The van der Waals surface area contributed by atoms with E-state index in [0.717, 1.165) is 32.1 Å². The molecule has 0 fully saturated rings. The highest BCUT2D eigenvalue weighted by Crippen LogP contribution is 2.38. The molecule has 1 aromatic carbocycles. The molecule has 2 heterocycles. The maximum Gasteiger partial charge on any atom is 0.221 e. The normalized spacial score (nSPS) is 11.6. The zero-order chi connectivity index (χ0) is 20.9. The Morgan fingerprint density at radius 2 is 2.03 bits per heavy atom. The number of carbonyl (C=O) groups excluding carboxylic acids is 1. The van der Waals surface area contributed by atoms with Crippen LogP contribution in [0.3, 0.4) is 0 Å². The Morgan fingerprint density at radius 3 is 2.72 bits per heavy atom. The van der Waals surface area contributed by atoms with E-state index in [9.17, 15) is 9.90 Å². The van der Waals surface area contributed by atoms with E-state index < -0.39 is 5.54 Å². The highest BCUT2D eigenvalue weighted by atomic mass is 32.2. The van der Waals surface area contributed by atoms with Gasteiger partial charge in [0.25, 0.3) is 0 Å². The highest BCUT2D eigenvalue weighted by molar-refractivity contribution is 7.99. The summed E-state index contributed by atoms with van der Waals surface area (Å²) in [5.74, 6) is 1.36. The Hall–Kier alpha value is -2.16. The number of nitrogens with zero attached hydrogens (tertiary/aromatic N) is 2. The second kappa shape index (κ2) is 9.56. The van der Waals surface area contributed by atoms with Crippen molar-refractivity contribution in [2.24, 2.45) is 0 Å². The van der Waals surface area contributed by atoms with Crippen LogP contribution in [0.4, 0.5) is 0 Å². The van der Waals surface area contributed by atoms with Crippen molar-refractivity contribution in [2.75, 3.05) is 19.0 Å². The highest BCUT2D eigenvalue weighted by Gasteiger charge is 2.19. The van der Waals surface area contributed by atoms with Gasteiger partial charge in [0, 0.05) is 23.1 Å². The quantitative estimate of drug-likeness (QED) is 0.392. The number of rotatable bonds is 9. The molecular weight excluding hydrogens is 406 g/mol. The average molecular weight is 432 g/mol. The second-order valence-corrected chi connectivity index (χ2v) is 9.10. The lowest BCUT2D eigenvalue weighted by atomic mass is 10.1. The van der Waals surface area contributed by atoms with Crippen LogP contribution in [-0.4, -0.2) is 45.5 Å². The topological polar surface area (TPSA) is 84.3 Å². The molecule has 1 amide bonds. The molecule has 29 heavy (non-hydrogen) atoms. The monoisotopic (exact) mass is 431 g/mol. The van der Waals surface area contributed by atoms with Gasteiger partial charge in [0.05, 0.1) is 24.1 Å². The molecule has 0 spiro atoms. The summed E-state index contributed by atoms with van der Waals surface area (Å²) in [6.07, 6.45) is 1.92. The molecule has 3 rings (SSSR count). The summed E-state index contributed by atoms with van der Waals surface area (Å²) >= 11 is 3.13. The van der Waals surface area contributed by atoms with E-state index in [-0.39, 0.29) is 12.5 Å². The molecule has 6 nitrogen and oxygen atoms in total. The number of aliphatic hydroxyl groups is 1. The molecule has 3 aromatic rings. The van der Waals surface area contributed by atoms with E-state index in [0.29, 0.717) is 18.8 Å². The van der Waals surface area contributed by atoms with Crippen molar-refractivity contribution in [3.8, 4) is 16.9 Å². The van der Waals surface area contributed by atoms with Crippen molar-refractivity contribution in [1.82, 2.24) is 15.3 Å². The fourth-order valence-corrected chi connectivity index (χ4v) is 4.72. The molecule has 0 unspecified atom stereocenters. The molecule has 0 aliphatic rings. The van der Waals surface area contributed by atoms with Gasteiger partial charge in [0.2, 0.25) is 5.91 Å². The van der Waals surface area contributed by atoms with Gasteiger partial charge in [-0.2, -0.15) is 0 Å². The molecular formula is C21H25N3O3S2. The standard InChI is InChI=1S/C21H25N3O3S2/c1-4-27-15-7-5-14(6-8-15)16-11-29-20-18(16)19(22-13-23-20)28-10-9-17(26)24-21(2,3)12-25/h5-8,11,13,25H,4,9-10,12H2,1-3H3,(H,24,26). The minimum absolute atomic E-state index is 0.0843. The van der Waals surface area contributed by atoms with Crippen LogP contribution in [0.1, 0.15) is 27.2 Å². The first kappa shape index (κ1) is 21.5. The van der Waals surface area contributed by atoms with Gasteiger partial charge >= 0.3 is 0 Å². The predicted octanol–water partition coefficient (Wildman–Crippen LogP) is 4.13. The summed E-state index contributed by atoms with van der Waals surface area (Å²) in [5.41, 5.74) is 1.55. The second-order valence-electron chi connectivity index (χ2n) is 7.15. The summed E-state index contributed by atoms with van der Waals surface area (Å²) in [6.45, 7) is 6.09. The van der Waals surface area contributed by atoms with E-state index in [1.54, 1.807) is 43.3 Å². The van der Waals surface area contributed by atoms with E-state index in [2.05, 4.69) is 20.7 Å². The molecule has 0 aliphatic carbocycles. The first-order chi connectivity index (χ1) is 13.9. The van der Waals surface area contributed by atoms with Gasteiger partial charge in [-0.3, -0.25) is 4.79 Å². The molecule has 2 N–H and O–H groups in total. The number of benzene rings is 1. The minimum Gasteiger partial charge on any atom is -0.494 e. The number of nitrogens with one attached hydrogen (secondary N) is 1. The van der Waals surface area contributed by atoms with Gasteiger partial charge in [-0.05, 0) is 38.5 Å². The lowest BCUT2D eigenvalue weighted by Crippen LogP contribution is -2.46. The number of ether oxygens (including phenoxy) is 1. The van der Waals surface area contributed by atoms with E-state index in [1.807, 2.05) is 31.2 Å². The van der Waals surface area contributed by atoms with Gasteiger partial charge in [-0.15, -0.1) is 23.1 Å². The average Bonchev–Trinajstić information content (AvgIpc) is 3.13. The van der Waals surface area contributed by atoms with Crippen LogP contribution in [0.25, 0.3) is 21.3 Å². The number of amides is 1. The number of fused-ring (bicyclic) bond motifs is 1. The Bertz CT molecular complexity index is 971. The number of carbonyl (C=O) groups is 1. The Kier molecular flexibility index (Phi) is 7.10. The summed E-state index contributed by atoms with van der Waals surface area (Å²) in [5, 5.41) is 16.1. The van der Waals surface area contributed by atoms with Gasteiger partial charge < -0.3 is 15.2 Å². The zero-order valence-corrected chi connectivity index (χ0v) is 18.4. The lowest BCUT2D eigenvalue weighted by molar-refractivity contribution is -0.122. The maximum atomic E-state index is 12.1. The fraction of sp³-hybridized carbons (Fsp3) is 0.381. The molecule has 8 heteroatoms.